The third kappa shape index (κ3) is 2.69. The first kappa shape index (κ1) is 15.3. The number of hydrogen-bond acceptors (Lipinski definition) is 2. The molecular formula is C21H24N2O. The average molecular weight is 320 g/mol. The van der Waals surface area contributed by atoms with E-state index in [1.807, 2.05) is 19.2 Å². The van der Waals surface area contributed by atoms with Crippen LogP contribution in [0.25, 0.3) is 10.9 Å². The largest absolute Gasteiger partial charge is 0.508 e. The Morgan fingerprint density at radius 2 is 2.00 bits per heavy atom. The van der Waals surface area contributed by atoms with E-state index in [4.69, 9.17) is 0 Å². The quantitative estimate of drug-likeness (QED) is 0.770. The van der Waals surface area contributed by atoms with Gasteiger partial charge in [0.15, 0.2) is 0 Å². The molecule has 0 amide bonds. The Hall–Kier alpha value is -2.26. The van der Waals surface area contributed by atoms with Crippen LogP contribution in [0.5, 0.6) is 5.75 Å². The molecule has 124 valence electrons. The van der Waals surface area contributed by atoms with Crippen molar-refractivity contribution in [2.24, 2.45) is 0 Å². The summed E-state index contributed by atoms with van der Waals surface area (Å²) in [6, 6.07) is 17.0. The van der Waals surface area contributed by atoms with Crippen molar-refractivity contribution in [2.75, 3.05) is 7.05 Å². The third-order valence-electron chi connectivity index (χ3n) is 5.33. The van der Waals surface area contributed by atoms with E-state index in [1.54, 1.807) is 0 Å². The third-order valence-corrected chi connectivity index (χ3v) is 5.33. The summed E-state index contributed by atoms with van der Waals surface area (Å²) in [5.74, 6) is 0.358. The maximum absolute atomic E-state index is 9.95. The summed E-state index contributed by atoms with van der Waals surface area (Å²) in [4.78, 5) is 0. The zero-order valence-corrected chi connectivity index (χ0v) is 14.1. The maximum atomic E-state index is 9.95. The lowest BCUT2D eigenvalue weighted by Gasteiger charge is -2.23. The number of nitrogens with one attached hydrogen (secondary N) is 1. The van der Waals surface area contributed by atoms with Crippen LogP contribution in [0.3, 0.4) is 0 Å². The Morgan fingerprint density at radius 3 is 2.79 bits per heavy atom. The minimum Gasteiger partial charge on any atom is -0.508 e. The van der Waals surface area contributed by atoms with Gasteiger partial charge in [-0.1, -0.05) is 30.3 Å². The lowest BCUT2D eigenvalue weighted by Crippen LogP contribution is -2.31. The molecule has 3 nitrogen and oxygen atoms in total. The van der Waals surface area contributed by atoms with Crippen LogP contribution in [-0.4, -0.2) is 22.8 Å². The van der Waals surface area contributed by atoms with Gasteiger partial charge in [-0.15, -0.1) is 0 Å². The highest BCUT2D eigenvalue weighted by atomic mass is 16.3. The van der Waals surface area contributed by atoms with Gasteiger partial charge in [0.2, 0.25) is 0 Å². The Morgan fingerprint density at radius 1 is 1.17 bits per heavy atom. The molecule has 2 aromatic carbocycles. The summed E-state index contributed by atoms with van der Waals surface area (Å²) in [5, 5.41) is 14.6. The van der Waals surface area contributed by atoms with E-state index in [1.165, 1.54) is 34.1 Å². The van der Waals surface area contributed by atoms with E-state index in [9.17, 15) is 5.11 Å². The zero-order chi connectivity index (χ0) is 16.5. The van der Waals surface area contributed by atoms with Crippen molar-refractivity contribution in [1.82, 2.24) is 9.88 Å². The van der Waals surface area contributed by atoms with Gasteiger partial charge in [0.25, 0.3) is 0 Å². The van der Waals surface area contributed by atoms with Gasteiger partial charge in [-0.2, -0.15) is 0 Å². The first-order chi connectivity index (χ1) is 11.8. The monoisotopic (exact) mass is 320 g/mol. The van der Waals surface area contributed by atoms with Gasteiger partial charge in [-0.3, -0.25) is 0 Å². The molecular weight excluding hydrogens is 296 g/mol. The van der Waals surface area contributed by atoms with Crippen LogP contribution < -0.4 is 5.32 Å². The van der Waals surface area contributed by atoms with Crippen LogP contribution >= 0.6 is 0 Å². The first-order valence-electron chi connectivity index (χ1n) is 8.80. The molecule has 1 unspecified atom stereocenters. The van der Waals surface area contributed by atoms with E-state index >= 15 is 0 Å². The van der Waals surface area contributed by atoms with Gasteiger partial charge in [-0.25, -0.2) is 0 Å². The Labute approximate surface area is 142 Å². The molecule has 1 aliphatic carbocycles. The minimum absolute atomic E-state index is 0.358. The van der Waals surface area contributed by atoms with Gasteiger partial charge in [0.1, 0.15) is 5.75 Å². The predicted octanol–water partition coefficient (Wildman–Crippen LogP) is 3.67. The molecule has 3 heteroatoms. The summed E-state index contributed by atoms with van der Waals surface area (Å²) in [6.07, 6.45) is 4.36. The molecule has 1 atom stereocenters. The maximum Gasteiger partial charge on any atom is 0.116 e. The highest BCUT2D eigenvalue weighted by molar-refractivity contribution is 5.87. The predicted molar refractivity (Wildman–Crippen MR) is 98.6 cm³/mol. The summed E-state index contributed by atoms with van der Waals surface area (Å²) < 4.78 is 2.48. The summed E-state index contributed by atoms with van der Waals surface area (Å²) >= 11 is 0. The number of aromatic hydroxyl groups is 1. The Kier molecular flexibility index (Phi) is 4.03. The molecule has 0 spiro atoms. The second-order valence-electron chi connectivity index (χ2n) is 6.74. The van der Waals surface area contributed by atoms with E-state index in [0.717, 1.165) is 25.8 Å². The molecule has 1 aromatic heterocycles. The van der Waals surface area contributed by atoms with Crippen molar-refractivity contribution in [3.8, 4) is 5.75 Å². The minimum atomic E-state index is 0.358. The van der Waals surface area contributed by atoms with Crippen molar-refractivity contribution in [2.45, 2.75) is 38.3 Å². The number of aromatic nitrogens is 1. The highest BCUT2D eigenvalue weighted by Gasteiger charge is 2.24. The number of phenols is 1. The molecule has 0 saturated carbocycles. The number of aryl methyl sites for hydroxylation is 2. The Balaban J connectivity index is 1.74. The average Bonchev–Trinajstić information content (AvgIpc) is 2.93. The normalized spacial score (nSPS) is 17.1. The molecule has 0 saturated heterocycles. The van der Waals surface area contributed by atoms with Crippen LogP contribution in [0, 0.1) is 0 Å². The number of nitrogens with zero attached hydrogens (tertiary/aromatic N) is 1. The van der Waals surface area contributed by atoms with E-state index in [0.29, 0.717) is 11.8 Å². The smallest absolute Gasteiger partial charge is 0.116 e. The fourth-order valence-electron chi connectivity index (χ4n) is 4.03. The number of fused-ring (bicyclic) bond motifs is 3. The number of hydrogen-bond donors (Lipinski definition) is 2. The van der Waals surface area contributed by atoms with Gasteiger partial charge >= 0.3 is 0 Å². The van der Waals surface area contributed by atoms with Gasteiger partial charge < -0.3 is 15.0 Å². The van der Waals surface area contributed by atoms with E-state index < -0.39 is 0 Å². The van der Waals surface area contributed by atoms with Gasteiger partial charge in [-0.05, 0) is 62.1 Å². The topological polar surface area (TPSA) is 37.2 Å². The lowest BCUT2D eigenvalue weighted by atomic mass is 9.91. The zero-order valence-electron chi connectivity index (χ0n) is 14.1. The molecule has 2 N–H and O–H groups in total. The molecule has 4 rings (SSSR count). The van der Waals surface area contributed by atoms with Crippen LogP contribution in [0.2, 0.25) is 0 Å². The molecule has 0 bridgehead atoms. The number of rotatable bonds is 4. The lowest BCUT2D eigenvalue weighted by molar-refractivity contribution is 0.475. The fourth-order valence-corrected chi connectivity index (χ4v) is 4.03. The molecule has 24 heavy (non-hydrogen) atoms. The van der Waals surface area contributed by atoms with Crippen molar-refractivity contribution >= 4 is 10.9 Å². The SMILES string of the molecule is CNC1CCc2c(c3cc(O)ccc3n2CCc2ccccc2)C1. The van der Waals surface area contributed by atoms with Crippen LogP contribution in [-0.2, 0) is 25.8 Å². The van der Waals surface area contributed by atoms with Crippen molar-refractivity contribution in [1.29, 1.82) is 0 Å². The van der Waals surface area contributed by atoms with Crippen molar-refractivity contribution in [3.05, 3.63) is 65.4 Å². The number of phenolic OH excluding ortho intramolecular Hbond substituents is 1. The molecule has 3 aromatic rings. The molecule has 0 aliphatic heterocycles. The van der Waals surface area contributed by atoms with Crippen LogP contribution in [0.1, 0.15) is 23.2 Å². The van der Waals surface area contributed by atoms with Crippen LogP contribution in [0.15, 0.2) is 48.5 Å². The summed E-state index contributed by atoms with van der Waals surface area (Å²) in [5.41, 5.74) is 5.50. The Bertz CT molecular complexity index is 851. The summed E-state index contributed by atoms with van der Waals surface area (Å²) in [7, 11) is 2.04. The molecule has 0 fully saturated rings. The highest BCUT2D eigenvalue weighted by Crippen LogP contribution is 2.34. The second-order valence-corrected chi connectivity index (χ2v) is 6.74. The standard InChI is InChI=1S/C21H24N2O/c1-22-16-7-9-20-18(13-16)19-14-17(24)8-10-21(19)23(20)12-11-15-5-3-2-4-6-15/h2-6,8,10,14,16,22,24H,7,9,11-13H2,1H3. The number of benzene rings is 2. The van der Waals surface area contributed by atoms with Gasteiger partial charge in [0.05, 0.1) is 0 Å². The van der Waals surface area contributed by atoms with Crippen molar-refractivity contribution < 1.29 is 5.11 Å². The molecule has 1 heterocycles. The first-order valence-corrected chi connectivity index (χ1v) is 8.80. The van der Waals surface area contributed by atoms with Crippen LogP contribution in [0.4, 0.5) is 0 Å². The number of likely N-dealkylation sites (N-methyl/N-ethyl adjacent to an activating group) is 1. The summed E-state index contributed by atoms with van der Waals surface area (Å²) in [6.45, 7) is 0.991. The second kappa shape index (κ2) is 6.33. The van der Waals surface area contributed by atoms with Gasteiger partial charge in [0, 0.05) is 29.2 Å². The van der Waals surface area contributed by atoms with E-state index in [-0.39, 0.29) is 0 Å². The van der Waals surface area contributed by atoms with E-state index in [2.05, 4.69) is 46.3 Å². The molecule has 1 aliphatic rings. The fraction of sp³-hybridized carbons (Fsp3) is 0.333. The molecule has 0 radical (unpaired) electrons. The van der Waals surface area contributed by atoms with Crippen molar-refractivity contribution in [3.63, 3.8) is 0 Å².